The quantitative estimate of drug-likeness (QED) is 0.610. The zero-order valence-corrected chi connectivity index (χ0v) is 13.9. The number of rotatable bonds is 6. The molecular weight excluding hydrogens is 428 g/mol. The van der Waals surface area contributed by atoms with Crippen molar-refractivity contribution in [2.75, 3.05) is 13.1 Å². The number of sulfonamides is 1. The van der Waals surface area contributed by atoms with E-state index in [1.165, 1.54) is 17.4 Å². The second kappa shape index (κ2) is 6.79. The Kier molecular flexibility index (Phi) is 5.92. The summed E-state index contributed by atoms with van der Waals surface area (Å²) in [5.41, 5.74) is 0. The summed E-state index contributed by atoms with van der Waals surface area (Å²) in [6, 6.07) is 1.40. The Labute approximate surface area is 129 Å². The highest BCUT2D eigenvalue weighted by Gasteiger charge is 2.21. The first-order chi connectivity index (χ1) is 8.72. The summed E-state index contributed by atoms with van der Waals surface area (Å²) in [6.07, 6.45) is 0. The number of nitrogens with one attached hydrogen (secondary N) is 2. The fraction of sp³-hybridized carbons (Fsp3) is 0.250. The van der Waals surface area contributed by atoms with Crippen LogP contribution < -0.4 is 10.0 Å². The molecule has 0 aliphatic rings. The summed E-state index contributed by atoms with van der Waals surface area (Å²) in [5, 5.41) is 10.4. The largest absolute Gasteiger partial charge is 0.480 e. The zero-order chi connectivity index (χ0) is 14.6. The van der Waals surface area contributed by atoms with Crippen LogP contribution in [-0.2, 0) is 19.6 Å². The molecule has 7 nitrogen and oxygen atoms in total. The monoisotopic (exact) mass is 434 g/mol. The minimum Gasteiger partial charge on any atom is -0.480 e. The van der Waals surface area contributed by atoms with Gasteiger partial charge in [-0.2, -0.15) is 0 Å². The average molecular weight is 436 g/mol. The van der Waals surface area contributed by atoms with Gasteiger partial charge in [-0.15, -0.1) is 11.3 Å². The molecule has 0 aliphatic heterocycles. The number of carbonyl (C=O) groups excluding carboxylic acids is 1. The topological polar surface area (TPSA) is 113 Å². The second-order valence-electron chi connectivity index (χ2n) is 3.18. The number of aliphatic carboxylic acids is 1. The summed E-state index contributed by atoms with van der Waals surface area (Å²) in [5.74, 6) is -1.93. The summed E-state index contributed by atoms with van der Waals surface area (Å²) in [6.45, 7) is -1.09. The van der Waals surface area contributed by atoms with Crippen molar-refractivity contribution >= 4 is 65.1 Å². The van der Waals surface area contributed by atoms with E-state index >= 15 is 0 Å². The van der Waals surface area contributed by atoms with Crippen molar-refractivity contribution < 1.29 is 23.1 Å². The van der Waals surface area contributed by atoms with Gasteiger partial charge in [-0.1, -0.05) is 0 Å². The van der Waals surface area contributed by atoms with Crippen molar-refractivity contribution in [2.45, 2.75) is 4.90 Å². The van der Waals surface area contributed by atoms with Gasteiger partial charge >= 0.3 is 5.97 Å². The van der Waals surface area contributed by atoms with E-state index in [0.717, 1.165) is 0 Å². The third kappa shape index (κ3) is 5.18. The molecule has 3 N–H and O–H groups in total. The Hall–Kier alpha value is -0.490. The maximum Gasteiger partial charge on any atom is 0.322 e. The average Bonchev–Trinajstić information content (AvgIpc) is 2.64. The van der Waals surface area contributed by atoms with Crippen LogP contribution in [0.5, 0.6) is 0 Å². The minimum absolute atomic E-state index is 0.00964. The van der Waals surface area contributed by atoms with E-state index in [-0.39, 0.29) is 4.90 Å². The molecule has 0 spiro atoms. The van der Waals surface area contributed by atoms with E-state index in [1.807, 2.05) is 5.32 Å². The molecule has 1 aromatic heterocycles. The first-order valence-electron chi connectivity index (χ1n) is 4.65. The lowest BCUT2D eigenvalue weighted by Crippen LogP contribution is -2.38. The highest BCUT2D eigenvalue weighted by molar-refractivity contribution is 9.12. The molecule has 0 unspecified atom stereocenters. The molecular formula is C8H8Br2N2O5S2. The molecule has 0 saturated carbocycles. The smallest absolute Gasteiger partial charge is 0.322 e. The SMILES string of the molecule is O=C(O)CNC(=O)CNS(=O)(=O)c1cc(Br)sc1Br. The van der Waals surface area contributed by atoms with Crippen molar-refractivity contribution in [3.63, 3.8) is 0 Å². The van der Waals surface area contributed by atoms with Gasteiger partial charge < -0.3 is 10.4 Å². The van der Waals surface area contributed by atoms with E-state index in [9.17, 15) is 18.0 Å². The summed E-state index contributed by atoms with van der Waals surface area (Å²) in [4.78, 5) is 21.4. The second-order valence-corrected chi connectivity index (χ2v) is 8.67. The Balaban J connectivity index is 2.64. The Morgan fingerprint density at radius 2 is 1.95 bits per heavy atom. The van der Waals surface area contributed by atoms with Gasteiger partial charge in [0.2, 0.25) is 15.9 Å². The summed E-state index contributed by atoms with van der Waals surface area (Å²) >= 11 is 7.43. The van der Waals surface area contributed by atoms with Crippen LogP contribution in [0.15, 0.2) is 18.5 Å². The van der Waals surface area contributed by atoms with E-state index in [2.05, 4.69) is 36.6 Å². The molecule has 0 aromatic carbocycles. The predicted octanol–water partition coefficient (Wildman–Crippen LogP) is 0.752. The zero-order valence-electron chi connectivity index (χ0n) is 9.14. The molecule has 0 fully saturated rings. The summed E-state index contributed by atoms with van der Waals surface area (Å²) < 4.78 is 26.8. The maximum atomic E-state index is 11.9. The number of carboxylic acids is 1. The molecule has 1 heterocycles. The molecule has 19 heavy (non-hydrogen) atoms. The van der Waals surface area contributed by atoms with E-state index in [4.69, 9.17) is 5.11 Å². The Morgan fingerprint density at radius 3 is 2.42 bits per heavy atom. The first kappa shape index (κ1) is 16.6. The fourth-order valence-electron chi connectivity index (χ4n) is 0.983. The van der Waals surface area contributed by atoms with Crippen molar-refractivity contribution in [1.29, 1.82) is 0 Å². The van der Waals surface area contributed by atoms with Crippen molar-refractivity contribution in [2.24, 2.45) is 0 Å². The fourth-order valence-corrected chi connectivity index (χ4v) is 5.78. The number of carbonyl (C=O) groups is 2. The Morgan fingerprint density at radius 1 is 1.32 bits per heavy atom. The number of carboxylic acid groups (broad SMARTS) is 1. The van der Waals surface area contributed by atoms with Crippen LogP contribution in [0.2, 0.25) is 0 Å². The molecule has 1 amide bonds. The van der Waals surface area contributed by atoms with Gasteiger partial charge in [-0.25, -0.2) is 13.1 Å². The molecule has 0 aliphatic carbocycles. The molecule has 11 heteroatoms. The highest BCUT2D eigenvalue weighted by Crippen LogP contribution is 2.34. The first-order valence-corrected chi connectivity index (χ1v) is 8.54. The maximum absolute atomic E-state index is 11.9. The van der Waals surface area contributed by atoms with Gasteiger partial charge in [0.05, 0.1) is 14.1 Å². The van der Waals surface area contributed by atoms with Crippen LogP contribution in [0.3, 0.4) is 0 Å². The third-order valence-corrected chi connectivity index (χ3v) is 5.93. The number of halogens is 2. The normalized spacial score (nSPS) is 11.3. The van der Waals surface area contributed by atoms with Gasteiger partial charge in [0.15, 0.2) is 0 Å². The van der Waals surface area contributed by atoms with Crippen LogP contribution in [0, 0.1) is 0 Å². The van der Waals surface area contributed by atoms with Gasteiger partial charge in [-0.05, 0) is 37.9 Å². The van der Waals surface area contributed by atoms with Crippen LogP contribution in [-0.4, -0.2) is 38.5 Å². The lowest BCUT2D eigenvalue weighted by Gasteiger charge is -2.05. The van der Waals surface area contributed by atoms with Crippen LogP contribution in [0.25, 0.3) is 0 Å². The third-order valence-electron chi connectivity index (χ3n) is 1.77. The van der Waals surface area contributed by atoms with Gasteiger partial charge in [0.25, 0.3) is 0 Å². The number of amides is 1. The standard InChI is InChI=1S/C8H8Br2N2O5S2/c9-5-1-4(8(10)18-5)19(16,17)12-2-6(13)11-3-7(14)15/h1,12H,2-3H2,(H,11,13)(H,14,15). The molecule has 0 bridgehead atoms. The van der Waals surface area contributed by atoms with Crippen molar-refractivity contribution in [3.05, 3.63) is 13.6 Å². The molecule has 1 aromatic rings. The van der Waals surface area contributed by atoms with Crippen molar-refractivity contribution in [1.82, 2.24) is 10.0 Å². The molecule has 1 rings (SSSR count). The van der Waals surface area contributed by atoms with Gasteiger partial charge in [0.1, 0.15) is 11.4 Å². The summed E-state index contributed by atoms with van der Waals surface area (Å²) in [7, 11) is -3.83. The lowest BCUT2D eigenvalue weighted by atomic mass is 10.5. The number of hydrogen-bond donors (Lipinski definition) is 3. The van der Waals surface area contributed by atoms with Crippen LogP contribution in [0.1, 0.15) is 0 Å². The minimum atomic E-state index is -3.83. The predicted molar refractivity (Wildman–Crippen MR) is 75.6 cm³/mol. The highest BCUT2D eigenvalue weighted by atomic mass is 79.9. The van der Waals surface area contributed by atoms with E-state index < -0.39 is 35.0 Å². The van der Waals surface area contributed by atoms with E-state index in [0.29, 0.717) is 7.57 Å². The number of hydrogen-bond acceptors (Lipinski definition) is 5. The molecule has 0 atom stereocenters. The molecule has 106 valence electrons. The molecule has 0 saturated heterocycles. The van der Waals surface area contributed by atoms with Gasteiger partial charge in [-0.3, -0.25) is 9.59 Å². The Bertz CT molecular complexity index is 598. The van der Waals surface area contributed by atoms with Gasteiger partial charge in [0, 0.05) is 0 Å². The number of thiophene rings is 1. The van der Waals surface area contributed by atoms with Crippen LogP contribution >= 0.6 is 43.2 Å². The lowest BCUT2D eigenvalue weighted by molar-refractivity contribution is -0.137. The molecule has 0 radical (unpaired) electrons. The van der Waals surface area contributed by atoms with Crippen LogP contribution in [0.4, 0.5) is 0 Å². The van der Waals surface area contributed by atoms with Crippen molar-refractivity contribution in [3.8, 4) is 0 Å². The van der Waals surface area contributed by atoms with E-state index in [1.54, 1.807) is 0 Å².